The van der Waals surface area contributed by atoms with Crippen molar-refractivity contribution in [3.63, 3.8) is 0 Å². The minimum Gasteiger partial charge on any atom is -0.468 e. The Morgan fingerprint density at radius 3 is 2.79 bits per heavy atom. The van der Waals surface area contributed by atoms with E-state index in [9.17, 15) is 9.59 Å². The molecule has 6 nitrogen and oxygen atoms in total. The van der Waals surface area contributed by atoms with Crippen LogP contribution < -0.4 is 10.3 Å². The Labute approximate surface area is 110 Å². The Kier molecular flexibility index (Phi) is 3.50. The first-order valence-electron chi connectivity index (χ1n) is 5.79. The molecule has 0 radical (unpaired) electrons. The number of hydrogen-bond donors (Lipinski definition) is 0. The second kappa shape index (κ2) is 5.09. The smallest absolute Gasteiger partial charge is 0.299 e. The number of aromatic nitrogens is 3. The van der Waals surface area contributed by atoms with E-state index in [0.717, 1.165) is 0 Å². The predicted octanol–water partition coefficient (Wildman–Crippen LogP) is 0.782. The van der Waals surface area contributed by atoms with Gasteiger partial charge in [-0.1, -0.05) is 0 Å². The molecule has 0 saturated carbocycles. The summed E-state index contributed by atoms with van der Waals surface area (Å²) < 4.78 is 8.05. The number of hydrogen-bond acceptors (Lipinski definition) is 4. The maximum Gasteiger partial charge on any atom is 0.299 e. The summed E-state index contributed by atoms with van der Waals surface area (Å²) in [7, 11) is 3.25. The lowest BCUT2D eigenvalue weighted by Gasteiger charge is -2.09. The van der Waals surface area contributed by atoms with Gasteiger partial charge < -0.3 is 9.30 Å². The first-order valence-corrected chi connectivity index (χ1v) is 5.79. The molecule has 0 N–H and O–H groups in total. The van der Waals surface area contributed by atoms with Crippen LogP contribution in [-0.2, 0) is 13.6 Å². The van der Waals surface area contributed by atoms with Crippen molar-refractivity contribution in [2.75, 3.05) is 7.11 Å². The molecule has 2 aromatic heterocycles. The minimum atomic E-state index is -0.298. The number of carbonyl (C=O) groups is 1. The SMILES string of the molecule is COc1nc(C)cc(=O)n1CC(=O)c1ccn(C)c1. The van der Waals surface area contributed by atoms with Crippen LogP contribution >= 0.6 is 0 Å². The first kappa shape index (κ1) is 13.1. The topological polar surface area (TPSA) is 66.1 Å². The number of carbonyl (C=O) groups excluding carboxylic acids is 1. The summed E-state index contributed by atoms with van der Waals surface area (Å²) in [5.41, 5.74) is 0.816. The Bertz CT molecular complexity index is 670. The van der Waals surface area contributed by atoms with Crippen LogP contribution in [0.1, 0.15) is 16.1 Å². The third-order valence-corrected chi connectivity index (χ3v) is 2.74. The number of nitrogens with zero attached hydrogens (tertiary/aromatic N) is 3. The highest BCUT2D eigenvalue weighted by atomic mass is 16.5. The van der Waals surface area contributed by atoms with Gasteiger partial charge in [0.25, 0.3) is 11.6 Å². The van der Waals surface area contributed by atoms with Gasteiger partial charge in [-0.2, -0.15) is 0 Å². The summed E-state index contributed by atoms with van der Waals surface area (Å²) in [6.07, 6.45) is 3.49. The average Bonchev–Trinajstić information content (AvgIpc) is 2.78. The van der Waals surface area contributed by atoms with Gasteiger partial charge in [0.1, 0.15) is 0 Å². The highest BCUT2D eigenvalue weighted by molar-refractivity contribution is 5.95. The van der Waals surface area contributed by atoms with Crippen molar-refractivity contribution in [3.05, 3.63) is 46.1 Å². The molecule has 0 atom stereocenters. The van der Waals surface area contributed by atoms with Crippen LogP contribution in [0.15, 0.2) is 29.3 Å². The lowest BCUT2D eigenvalue weighted by molar-refractivity contribution is 0.0966. The summed E-state index contributed by atoms with van der Waals surface area (Å²) in [4.78, 5) is 28.0. The van der Waals surface area contributed by atoms with Crippen molar-refractivity contribution in [1.29, 1.82) is 0 Å². The third kappa shape index (κ3) is 2.73. The summed E-state index contributed by atoms with van der Waals surface area (Å²) in [5.74, 6) is -0.161. The van der Waals surface area contributed by atoms with Gasteiger partial charge in [-0.25, -0.2) is 4.98 Å². The van der Waals surface area contributed by atoms with Crippen molar-refractivity contribution in [1.82, 2.24) is 14.1 Å². The molecule has 0 amide bonds. The lowest BCUT2D eigenvalue weighted by Crippen LogP contribution is -2.26. The third-order valence-electron chi connectivity index (χ3n) is 2.74. The predicted molar refractivity (Wildman–Crippen MR) is 69.5 cm³/mol. The van der Waals surface area contributed by atoms with Crippen LogP contribution in [-0.4, -0.2) is 27.0 Å². The largest absolute Gasteiger partial charge is 0.468 e. The van der Waals surface area contributed by atoms with Crippen LogP contribution in [0.3, 0.4) is 0 Å². The molecule has 2 heterocycles. The molecule has 0 aliphatic rings. The van der Waals surface area contributed by atoms with E-state index >= 15 is 0 Å². The molecule has 0 aliphatic carbocycles. The Balaban J connectivity index is 2.33. The number of Topliss-reactive ketones (excluding diaryl/α,β-unsaturated/α-hetero) is 1. The molecular formula is C13H15N3O3. The number of rotatable bonds is 4. The van der Waals surface area contributed by atoms with E-state index < -0.39 is 0 Å². The zero-order chi connectivity index (χ0) is 14.0. The molecule has 0 aliphatic heterocycles. The van der Waals surface area contributed by atoms with Crippen LogP contribution in [0.5, 0.6) is 6.01 Å². The van der Waals surface area contributed by atoms with Crippen LogP contribution in [0.4, 0.5) is 0 Å². The van der Waals surface area contributed by atoms with Crippen LogP contribution in [0.2, 0.25) is 0 Å². The van der Waals surface area contributed by atoms with Crippen LogP contribution in [0.25, 0.3) is 0 Å². The van der Waals surface area contributed by atoms with Gasteiger partial charge in [-0.05, 0) is 13.0 Å². The van der Waals surface area contributed by atoms with Gasteiger partial charge in [0.15, 0.2) is 5.78 Å². The molecule has 0 bridgehead atoms. The van der Waals surface area contributed by atoms with Crippen molar-refractivity contribution < 1.29 is 9.53 Å². The van der Waals surface area contributed by atoms with Crippen molar-refractivity contribution in [3.8, 4) is 6.01 Å². The van der Waals surface area contributed by atoms with E-state index in [0.29, 0.717) is 11.3 Å². The fourth-order valence-electron chi connectivity index (χ4n) is 1.80. The van der Waals surface area contributed by atoms with Gasteiger partial charge in [-0.15, -0.1) is 0 Å². The van der Waals surface area contributed by atoms with Gasteiger partial charge in [-0.3, -0.25) is 14.2 Å². The summed E-state index contributed by atoms with van der Waals surface area (Å²) >= 11 is 0. The second-order valence-corrected chi connectivity index (χ2v) is 4.30. The molecule has 100 valence electrons. The van der Waals surface area contributed by atoms with Gasteiger partial charge in [0.05, 0.1) is 13.7 Å². The average molecular weight is 261 g/mol. The standard InChI is InChI=1S/C13H15N3O3/c1-9-6-12(18)16(13(14-9)19-3)8-11(17)10-4-5-15(2)7-10/h4-7H,8H2,1-3H3. The maximum absolute atomic E-state index is 12.1. The van der Waals surface area contributed by atoms with Crippen molar-refractivity contribution >= 4 is 5.78 Å². The Morgan fingerprint density at radius 1 is 1.47 bits per heavy atom. The van der Waals surface area contributed by atoms with E-state index in [1.807, 2.05) is 7.05 Å². The lowest BCUT2D eigenvalue weighted by atomic mass is 10.2. The molecule has 0 unspecified atom stereocenters. The molecule has 2 rings (SSSR count). The van der Waals surface area contributed by atoms with E-state index in [1.54, 1.807) is 30.0 Å². The number of ether oxygens (including phenoxy) is 1. The molecule has 2 aromatic rings. The zero-order valence-electron chi connectivity index (χ0n) is 11.1. The van der Waals surface area contributed by atoms with Crippen LogP contribution in [0, 0.1) is 6.92 Å². The fraction of sp³-hybridized carbons (Fsp3) is 0.308. The number of methoxy groups -OCH3 is 1. The molecular weight excluding hydrogens is 246 g/mol. The van der Waals surface area contributed by atoms with Gasteiger partial charge >= 0.3 is 0 Å². The quantitative estimate of drug-likeness (QED) is 0.763. The molecule has 0 aromatic carbocycles. The Hall–Kier alpha value is -2.37. The molecule has 0 fully saturated rings. The second-order valence-electron chi connectivity index (χ2n) is 4.30. The monoisotopic (exact) mass is 261 g/mol. The summed E-state index contributed by atoms with van der Waals surface area (Å²) in [6.45, 7) is 1.62. The summed E-state index contributed by atoms with van der Waals surface area (Å²) in [5, 5.41) is 0. The normalized spacial score (nSPS) is 10.5. The van der Waals surface area contributed by atoms with Gasteiger partial charge in [0, 0.05) is 36.8 Å². The molecule has 0 spiro atoms. The first-order chi connectivity index (χ1) is 9.01. The minimum absolute atomic E-state index is 0.0840. The fourth-order valence-corrected chi connectivity index (χ4v) is 1.80. The highest BCUT2D eigenvalue weighted by Gasteiger charge is 2.13. The van der Waals surface area contributed by atoms with E-state index in [-0.39, 0.29) is 23.9 Å². The maximum atomic E-state index is 12.1. The molecule has 0 saturated heterocycles. The summed E-state index contributed by atoms with van der Waals surface area (Å²) in [6, 6.07) is 3.23. The van der Waals surface area contributed by atoms with Crippen molar-refractivity contribution in [2.24, 2.45) is 7.05 Å². The van der Waals surface area contributed by atoms with E-state index in [4.69, 9.17) is 4.74 Å². The zero-order valence-corrected chi connectivity index (χ0v) is 11.1. The van der Waals surface area contributed by atoms with E-state index in [1.165, 1.54) is 17.7 Å². The number of aryl methyl sites for hydroxylation is 2. The van der Waals surface area contributed by atoms with Crippen molar-refractivity contribution in [2.45, 2.75) is 13.5 Å². The Morgan fingerprint density at radius 2 is 2.21 bits per heavy atom. The van der Waals surface area contributed by atoms with E-state index in [2.05, 4.69) is 4.98 Å². The molecule has 19 heavy (non-hydrogen) atoms. The van der Waals surface area contributed by atoms with Gasteiger partial charge in [0.2, 0.25) is 0 Å². The highest BCUT2D eigenvalue weighted by Crippen LogP contribution is 2.08. The number of ketones is 1. The molecule has 6 heteroatoms.